The minimum atomic E-state index is -1.48. The molecule has 0 saturated carbocycles. The van der Waals surface area contributed by atoms with Gasteiger partial charge in [-0.1, -0.05) is 78.3 Å². The van der Waals surface area contributed by atoms with Crippen molar-refractivity contribution >= 4 is 40.8 Å². The molecule has 4 atom stereocenters. The molecule has 7 nitrogen and oxygen atoms in total. The highest BCUT2D eigenvalue weighted by molar-refractivity contribution is 6.34. The lowest BCUT2D eigenvalue weighted by atomic mass is 9.62. The van der Waals surface area contributed by atoms with Gasteiger partial charge in [0.05, 0.1) is 22.5 Å². The summed E-state index contributed by atoms with van der Waals surface area (Å²) in [6, 6.07) is 28.6. The van der Waals surface area contributed by atoms with E-state index in [1.807, 2.05) is 71.8 Å². The molecule has 1 spiro atoms. The zero-order valence-electron chi connectivity index (χ0n) is 22.7. The Kier molecular flexibility index (Phi) is 6.37. The smallest absolute Gasteiger partial charge is 0.238 e. The summed E-state index contributed by atoms with van der Waals surface area (Å²) in [7, 11) is 0. The molecule has 7 rings (SSSR count). The molecule has 4 aromatic rings. The van der Waals surface area contributed by atoms with Crippen LogP contribution in [0.25, 0.3) is 6.08 Å². The van der Waals surface area contributed by atoms with Crippen molar-refractivity contribution in [2.24, 2.45) is 5.92 Å². The van der Waals surface area contributed by atoms with Gasteiger partial charge in [-0.05, 0) is 53.1 Å². The van der Waals surface area contributed by atoms with Crippen LogP contribution in [0.5, 0.6) is 5.75 Å². The Morgan fingerprint density at radius 1 is 0.907 bits per heavy atom. The topological polar surface area (TPSA) is 99.5 Å². The number of amides is 1. The zero-order valence-corrected chi connectivity index (χ0v) is 23.5. The lowest BCUT2D eigenvalue weighted by Gasteiger charge is -2.38. The van der Waals surface area contributed by atoms with Crippen LogP contribution >= 0.6 is 11.6 Å². The van der Waals surface area contributed by atoms with E-state index in [0.717, 1.165) is 11.1 Å². The van der Waals surface area contributed by atoms with Gasteiger partial charge in [-0.25, -0.2) is 0 Å². The molecule has 1 saturated heterocycles. The van der Waals surface area contributed by atoms with Crippen molar-refractivity contribution in [2.45, 2.75) is 17.5 Å². The van der Waals surface area contributed by atoms with Crippen molar-refractivity contribution in [1.82, 2.24) is 4.90 Å². The van der Waals surface area contributed by atoms with Crippen LogP contribution in [0.4, 0.5) is 5.69 Å². The normalized spacial score (nSPS) is 22.7. The second-order valence-electron chi connectivity index (χ2n) is 10.7. The molecule has 0 radical (unpaired) electrons. The maximum Gasteiger partial charge on any atom is 0.238 e. The van der Waals surface area contributed by atoms with Gasteiger partial charge >= 0.3 is 0 Å². The second kappa shape index (κ2) is 10.3. The van der Waals surface area contributed by atoms with Gasteiger partial charge < -0.3 is 15.0 Å². The van der Waals surface area contributed by atoms with Crippen LogP contribution in [-0.4, -0.2) is 35.0 Å². The van der Waals surface area contributed by atoms with Crippen molar-refractivity contribution in [3.63, 3.8) is 0 Å². The molecule has 0 aliphatic carbocycles. The van der Waals surface area contributed by atoms with Crippen LogP contribution in [0.3, 0.4) is 0 Å². The molecule has 3 heterocycles. The van der Waals surface area contributed by atoms with Crippen LogP contribution < -0.4 is 10.1 Å². The fourth-order valence-corrected chi connectivity index (χ4v) is 7.29. The number of ether oxygens (including phenoxy) is 1. The van der Waals surface area contributed by atoms with Crippen LogP contribution in [-0.2, 0) is 10.2 Å². The predicted molar refractivity (Wildman–Crippen MR) is 162 cm³/mol. The molecule has 1 amide bonds. The molecule has 4 aromatic carbocycles. The second-order valence-corrected chi connectivity index (χ2v) is 11.1. The summed E-state index contributed by atoms with van der Waals surface area (Å²) in [5.41, 5.74) is 1.95. The maximum atomic E-state index is 14.9. The third-order valence-electron chi connectivity index (χ3n) is 8.71. The molecule has 3 aliphatic heterocycles. The summed E-state index contributed by atoms with van der Waals surface area (Å²) in [5.74, 6) is -2.11. The molecule has 4 unspecified atom stereocenters. The van der Waals surface area contributed by atoms with E-state index >= 15 is 0 Å². The zero-order chi connectivity index (χ0) is 29.7. The first-order chi connectivity index (χ1) is 21.0. The van der Waals surface area contributed by atoms with Crippen molar-refractivity contribution < 1.29 is 19.1 Å². The molecule has 3 aliphatic rings. The number of nitrogens with zero attached hydrogens (tertiary/aromatic N) is 2. The van der Waals surface area contributed by atoms with Crippen LogP contribution in [0, 0.1) is 17.2 Å². The Balaban J connectivity index is 1.53. The fraction of sp³-hybridized carbons (Fsp3) is 0.143. The first-order valence-corrected chi connectivity index (χ1v) is 14.2. The number of hydrogen-bond donors (Lipinski definition) is 1. The number of carbonyl (C=O) groups excluding carboxylic acids is 3. The first kappa shape index (κ1) is 26.7. The van der Waals surface area contributed by atoms with Crippen LogP contribution in [0.15, 0.2) is 103 Å². The summed E-state index contributed by atoms with van der Waals surface area (Å²) in [4.78, 5) is 46.1. The monoisotopic (exact) mass is 585 g/mol. The maximum absolute atomic E-state index is 14.9. The number of para-hydroxylation sites is 2. The van der Waals surface area contributed by atoms with Gasteiger partial charge in [0.15, 0.2) is 18.2 Å². The molecule has 1 N–H and O–H groups in total. The first-order valence-electron chi connectivity index (χ1n) is 13.9. The number of fused-ring (bicyclic) bond motifs is 6. The molecule has 0 bridgehead atoms. The van der Waals surface area contributed by atoms with E-state index in [4.69, 9.17) is 21.6 Å². The van der Waals surface area contributed by atoms with Crippen molar-refractivity contribution in [3.05, 3.63) is 136 Å². The van der Waals surface area contributed by atoms with Gasteiger partial charge in [0.25, 0.3) is 0 Å². The summed E-state index contributed by atoms with van der Waals surface area (Å²) in [6.45, 7) is -0.254. The molecule has 43 heavy (non-hydrogen) atoms. The number of carbonyl (C=O) groups is 3. The van der Waals surface area contributed by atoms with Gasteiger partial charge in [-0.3, -0.25) is 14.4 Å². The summed E-state index contributed by atoms with van der Waals surface area (Å²) in [6.07, 6.45) is 3.71. The van der Waals surface area contributed by atoms with Gasteiger partial charge in [0, 0.05) is 17.5 Å². The molecule has 8 heteroatoms. The van der Waals surface area contributed by atoms with E-state index in [9.17, 15) is 14.4 Å². The highest BCUT2D eigenvalue weighted by Gasteiger charge is 2.71. The van der Waals surface area contributed by atoms with Gasteiger partial charge in [0.1, 0.15) is 23.3 Å². The Morgan fingerprint density at radius 3 is 2.42 bits per heavy atom. The number of nitrogens with one attached hydrogen (secondary N) is 1. The number of benzene rings is 4. The lowest BCUT2D eigenvalue weighted by molar-refractivity contribution is -0.122. The van der Waals surface area contributed by atoms with Gasteiger partial charge in [-0.2, -0.15) is 5.26 Å². The third-order valence-corrected chi connectivity index (χ3v) is 9.04. The van der Waals surface area contributed by atoms with Crippen molar-refractivity contribution in [2.75, 3.05) is 11.9 Å². The Hall–Kier alpha value is -5.19. The number of ketones is 2. The largest absolute Gasteiger partial charge is 0.478 e. The highest BCUT2D eigenvalue weighted by Crippen LogP contribution is 2.62. The molecule has 1 fully saturated rings. The third kappa shape index (κ3) is 3.84. The van der Waals surface area contributed by atoms with Crippen molar-refractivity contribution in [3.8, 4) is 11.8 Å². The van der Waals surface area contributed by atoms with E-state index < -0.39 is 35.0 Å². The summed E-state index contributed by atoms with van der Waals surface area (Å²) >= 11 is 6.61. The Bertz CT molecular complexity index is 1900. The lowest BCUT2D eigenvalue weighted by Crippen LogP contribution is -2.49. The fourth-order valence-electron chi connectivity index (χ4n) is 7.06. The molecular weight excluding hydrogens is 562 g/mol. The number of nitriles is 1. The Morgan fingerprint density at radius 2 is 1.60 bits per heavy atom. The number of hydrogen-bond acceptors (Lipinski definition) is 6. The van der Waals surface area contributed by atoms with Crippen molar-refractivity contribution in [1.29, 1.82) is 5.26 Å². The molecule has 0 aromatic heterocycles. The van der Waals surface area contributed by atoms with E-state index in [2.05, 4.69) is 5.32 Å². The number of anilines is 1. The molecular formula is C35H24ClN3O4. The predicted octanol–water partition coefficient (Wildman–Crippen LogP) is 6.22. The number of halogens is 1. The summed E-state index contributed by atoms with van der Waals surface area (Å²) < 4.78 is 5.65. The standard InChI is InChI=1S/C35H24ClN3O4/c36-26-14-6-3-11-23(26)31(40)29-30(32(41)24-12-4-8-16-28(24)43-20-18-37)39-19-17-21-9-1-2-10-22(21)33(39)35(29)25-13-5-7-15-27(25)38-34(35)42/h1-17,19,29-30,33H,20H2,(H,38,42). The average molecular weight is 586 g/mol. The SMILES string of the molecule is N#CCOc1ccccc1C(=O)C1C(C(=O)c2ccccc2Cl)C2(C(=O)Nc3ccccc32)C2c3ccccc3C=CN12. The average Bonchev–Trinajstić information content (AvgIpc) is 3.52. The van der Waals surface area contributed by atoms with Gasteiger partial charge in [-0.15, -0.1) is 0 Å². The van der Waals surface area contributed by atoms with Crippen LogP contribution in [0.1, 0.15) is 43.4 Å². The Labute approximate surface area is 253 Å². The quantitative estimate of drug-likeness (QED) is 0.270. The van der Waals surface area contributed by atoms with Crippen LogP contribution in [0.2, 0.25) is 5.02 Å². The number of Topliss-reactive ketones (excluding diaryl/α,β-unsaturated/α-hetero) is 2. The highest BCUT2D eigenvalue weighted by atomic mass is 35.5. The minimum absolute atomic E-state index is 0.217. The van der Waals surface area contributed by atoms with E-state index in [1.54, 1.807) is 48.5 Å². The van der Waals surface area contributed by atoms with E-state index in [0.29, 0.717) is 11.3 Å². The van der Waals surface area contributed by atoms with E-state index in [-0.39, 0.29) is 34.4 Å². The minimum Gasteiger partial charge on any atom is -0.478 e. The number of rotatable bonds is 6. The van der Waals surface area contributed by atoms with Gasteiger partial charge in [0.2, 0.25) is 5.91 Å². The molecule has 210 valence electrons. The van der Waals surface area contributed by atoms with E-state index in [1.165, 1.54) is 0 Å². The summed E-state index contributed by atoms with van der Waals surface area (Å²) in [5, 5.41) is 12.4.